The van der Waals surface area contributed by atoms with Crippen molar-refractivity contribution in [1.82, 2.24) is 15.0 Å². The number of aromatic nitrogens is 3. The third-order valence-corrected chi connectivity index (χ3v) is 2.86. The van der Waals surface area contributed by atoms with Crippen LogP contribution in [0.3, 0.4) is 0 Å². The van der Waals surface area contributed by atoms with Crippen molar-refractivity contribution < 1.29 is 0 Å². The first-order valence-corrected chi connectivity index (χ1v) is 5.39. The molecule has 3 nitrogen and oxygen atoms in total. The van der Waals surface area contributed by atoms with E-state index in [-0.39, 0.29) is 0 Å². The van der Waals surface area contributed by atoms with Gasteiger partial charge in [0, 0.05) is 15.4 Å². The lowest BCUT2D eigenvalue weighted by Gasteiger charge is -1.89. The van der Waals surface area contributed by atoms with Gasteiger partial charge in [-0.2, -0.15) is 0 Å². The van der Waals surface area contributed by atoms with E-state index in [1.54, 1.807) is 12.5 Å². The SMILES string of the molecule is Brc1ccc2[nH]c(-c3cnc[nH]3)cc2c1. The molecule has 0 aliphatic carbocycles. The van der Waals surface area contributed by atoms with Gasteiger partial charge in [0.25, 0.3) is 0 Å². The number of aromatic amines is 2. The molecular weight excluding hydrogens is 254 g/mol. The Morgan fingerprint density at radius 2 is 2.07 bits per heavy atom. The summed E-state index contributed by atoms with van der Waals surface area (Å²) in [5, 5.41) is 1.19. The first-order chi connectivity index (χ1) is 7.33. The van der Waals surface area contributed by atoms with Crippen LogP contribution < -0.4 is 0 Å². The summed E-state index contributed by atoms with van der Waals surface area (Å²) in [6, 6.07) is 8.27. The zero-order chi connectivity index (χ0) is 10.3. The monoisotopic (exact) mass is 261 g/mol. The number of nitrogens with zero attached hydrogens (tertiary/aromatic N) is 1. The van der Waals surface area contributed by atoms with E-state index in [1.807, 2.05) is 6.07 Å². The van der Waals surface area contributed by atoms with Crippen molar-refractivity contribution >= 4 is 26.8 Å². The minimum absolute atomic E-state index is 1.00. The van der Waals surface area contributed by atoms with Crippen molar-refractivity contribution in [2.45, 2.75) is 0 Å². The number of rotatable bonds is 1. The second-order valence-corrected chi connectivity index (χ2v) is 4.30. The maximum atomic E-state index is 4.00. The fraction of sp³-hybridized carbons (Fsp3) is 0. The quantitative estimate of drug-likeness (QED) is 0.694. The molecule has 0 atom stereocenters. The van der Waals surface area contributed by atoms with E-state index in [9.17, 15) is 0 Å². The van der Waals surface area contributed by atoms with Crippen LogP contribution in [0.1, 0.15) is 0 Å². The van der Waals surface area contributed by atoms with Gasteiger partial charge in [-0.05, 0) is 24.3 Å². The zero-order valence-electron chi connectivity index (χ0n) is 7.79. The average Bonchev–Trinajstić information content (AvgIpc) is 2.84. The Bertz CT molecular complexity index is 595. The third kappa shape index (κ3) is 1.47. The molecule has 0 amide bonds. The summed E-state index contributed by atoms with van der Waals surface area (Å²) in [4.78, 5) is 10.4. The van der Waals surface area contributed by atoms with Gasteiger partial charge in [0.1, 0.15) is 0 Å². The van der Waals surface area contributed by atoms with Crippen LogP contribution in [-0.4, -0.2) is 15.0 Å². The van der Waals surface area contributed by atoms with Crippen molar-refractivity contribution in [1.29, 1.82) is 0 Å². The van der Waals surface area contributed by atoms with Crippen molar-refractivity contribution in [3.8, 4) is 11.4 Å². The summed E-state index contributed by atoms with van der Waals surface area (Å²) in [6.07, 6.45) is 3.48. The molecule has 0 spiro atoms. The molecule has 2 heterocycles. The molecule has 4 heteroatoms. The maximum absolute atomic E-state index is 4.00. The van der Waals surface area contributed by atoms with E-state index in [0.717, 1.165) is 21.4 Å². The summed E-state index contributed by atoms with van der Waals surface area (Å²) in [5.41, 5.74) is 3.19. The van der Waals surface area contributed by atoms with E-state index in [1.165, 1.54) is 5.39 Å². The highest BCUT2D eigenvalue weighted by molar-refractivity contribution is 9.10. The lowest BCUT2D eigenvalue weighted by Crippen LogP contribution is -1.74. The maximum Gasteiger partial charge on any atom is 0.0924 e. The van der Waals surface area contributed by atoms with Gasteiger partial charge in [-0.25, -0.2) is 4.98 Å². The van der Waals surface area contributed by atoms with Crippen molar-refractivity contribution in [2.75, 3.05) is 0 Å². The number of nitrogens with one attached hydrogen (secondary N) is 2. The highest BCUT2D eigenvalue weighted by atomic mass is 79.9. The molecule has 15 heavy (non-hydrogen) atoms. The normalized spacial score (nSPS) is 11.0. The van der Waals surface area contributed by atoms with E-state index in [2.05, 4.69) is 49.1 Å². The molecule has 0 saturated heterocycles. The minimum Gasteiger partial charge on any atom is -0.353 e. The second kappa shape index (κ2) is 3.24. The van der Waals surface area contributed by atoms with Gasteiger partial charge >= 0.3 is 0 Å². The van der Waals surface area contributed by atoms with Crippen LogP contribution in [0.5, 0.6) is 0 Å². The Hall–Kier alpha value is -1.55. The molecule has 0 radical (unpaired) electrons. The van der Waals surface area contributed by atoms with Crippen LogP contribution in [0.2, 0.25) is 0 Å². The molecule has 0 saturated carbocycles. The van der Waals surface area contributed by atoms with Gasteiger partial charge in [-0.3, -0.25) is 0 Å². The predicted octanol–water partition coefficient (Wildman–Crippen LogP) is 3.32. The first-order valence-electron chi connectivity index (χ1n) is 4.60. The summed E-state index contributed by atoms with van der Waals surface area (Å²) < 4.78 is 1.09. The number of imidazole rings is 1. The van der Waals surface area contributed by atoms with Crippen LogP contribution in [0.25, 0.3) is 22.3 Å². The van der Waals surface area contributed by atoms with Gasteiger partial charge in [0.15, 0.2) is 0 Å². The Labute approximate surface area is 94.7 Å². The van der Waals surface area contributed by atoms with Crippen molar-refractivity contribution in [3.63, 3.8) is 0 Å². The molecule has 0 fully saturated rings. The van der Waals surface area contributed by atoms with Gasteiger partial charge < -0.3 is 9.97 Å². The highest BCUT2D eigenvalue weighted by Gasteiger charge is 2.03. The van der Waals surface area contributed by atoms with Crippen molar-refractivity contribution in [2.24, 2.45) is 0 Å². The summed E-state index contributed by atoms with van der Waals surface area (Å²) in [7, 11) is 0. The smallest absolute Gasteiger partial charge is 0.0924 e. The number of hydrogen-bond donors (Lipinski definition) is 2. The Morgan fingerprint density at radius 3 is 2.87 bits per heavy atom. The number of H-pyrrole nitrogens is 2. The molecule has 3 rings (SSSR count). The van der Waals surface area contributed by atoms with Gasteiger partial charge in [-0.1, -0.05) is 15.9 Å². The number of fused-ring (bicyclic) bond motifs is 1. The summed E-state index contributed by atoms with van der Waals surface area (Å²) in [6.45, 7) is 0. The summed E-state index contributed by atoms with van der Waals surface area (Å²) >= 11 is 3.46. The lowest BCUT2D eigenvalue weighted by atomic mass is 10.2. The summed E-state index contributed by atoms with van der Waals surface area (Å²) in [5.74, 6) is 0. The molecule has 3 aromatic rings. The Balaban J connectivity index is 2.22. The minimum atomic E-state index is 1.00. The van der Waals surface area contributed by atoms with Gasteiger partial charge in [0.05, 0.1) is 23.9 Å². The largest absolute Gasteiger partial charge is 0.353 e. The molecule has 1 aromatic carbocycles. The van der Waals surface area contributed by atoms with Crippen LogP contribution >= 0.6 is 15.9 Å². The molecule has 0 unspecified atom stereocenters. The Morgan fingerprint density at radius 1 is 1.13 bits per heavy atom. The number of benzene rings is 1. The van der Waals surface area contributed by atoms with Crippen molar-refractivity contribution in [3.05, 3.63) is 41.3 Å². The first kappa shape index (κ1) is 8.73. The van der Waals surface area contributed by atoms with E-state index >= 15 is 0 Å². The van der Waals surface area contributed by atoms with E-state index in [4.69, 9.17) is 0 Å². The standard InChI is InChI=1S/C11H8BrN3/c12-8-1-2-9-7(3-8)4-10(15-9)11-5-13-6-14-11/h1-6,15H,(H,13,14). The molecule has 2 N–H and O–H groups in total. The second-order valence-electron chi connectivity index (χ2n) is 3.38. The van der Waals surface area contributed by atoms with E-state index in [0.29, 0.717) is 0 Å². The van der Waals surface area contributed by atoms with Gasteiger partial charge in [-0.15, -0.1) is 0 Å². The molecule has 0 aliphatic heterocycles. The Kier molecular flexibility index (Phi) is 1.89. The van der Waals surface area contributed by atoms with Crippen LogP contribution in [0, 0.1) is 0 Å². The van der Waals surface area contributed by atoms with Crippen LogP contribution in [0.15, 0.2) is 41.3 Å². The molecule has 74 valence electrons. The third-order valence-electron chi connectivity index (χ3n) is 2.37. The fourth-order valence-corrected chi connectivity index (χ4v) is 2.03. The predicted molar refractivity (Wildman–Crippen MR) is 63.6 cm³/mol. The molecule has 0 aliphatic rings. The fourth-order valence-electron chi connectivity index (χ4n) is 1.65. The zero-order valence-corrected chi connectivity index (χ0v) is 9.38. The average molecular weight is 262 g/mol. The highest BCUT2D eigenvalue weighted by Crippen LogP contribution is 2.24. The van der Waals surface area contributed by atoms with Crippen LogP contribution in [-0.2, 0) is 0 Å². The number of halogens is 1. The molecule has 2 aromatic heterocycles. The van der Waals surface area contributed by atoms with Gasteiger partial charge in [0.2, 0.25) is 0 Å². The number of hydrogen-bond acceptors (Lipinski definition) is 1. The van der Waals surface area contributed by atoms with Crippen LogP contribution in [0.4, 0.5) is 0 Å². The van der Waals surface area contributed by atoms with E-state index < -0.39 is 0 Å². The molecule has 0 bridgehead atoms. The lowest BCUT2D eigenvalue weighted by molar-refractivity contribution is 1.30. The topological polar surface area (TPSA) is 44.5 Å². The molecular formula is C11H8BrN3.